The Morgan fingerprint density at radius 1 is 1.18 bits per heavy atom. The van der Waals surface area contributed by atoms with Crippen molar-refractivity contribution in [3.05, 3.63) is 40.0 Å². The zero-order valence-electron chi connectivity index (χ0n) is 8.28. The molecule has 0 saturated heterocycles. The number of benzene rings is 1. The summed E-state index contributed by atoms with van der Waals surface area (Å²) in [5, 5.41) is 20.3. The van der Waals surface area contributed by atoms with Crippen LogP contribution < -0.4 is 5.32 Å². The van der Waals surface area contributed by atoms with Crippen LogP contribution in [0.3, 0.4) is 0 Å². The number of hydrogen-bond acceptors (Lipinski definition) is 3. The third-order valence-corrected chi connectivity index (χ3v) is 2.31. The van der Waals surface area contributed by atoms with Gasteiger partial charge in [0.25, 0.3) is 0 Å². The van der Waals surface area contributed by atoms with E-state index in [0.29, 0.717) is 10.7 Å². The molecule has 0 radical (unpaired) electrons. The van der Waals surface area contributed by atoms with Crippen LogP contribution in [-0.2, 0) is 9.59 Å². The van der Waals surface area contributed by atoms with Gasteiger partial charge in [-0.05, 0) is 18.2 Å². The van der Waals surface area contributed by atoms with E-state index in [1.165, 1.54) is 18.2 Å². The average molecular weight is 276 g/mol. The number of hydrogen-bond donors (Lipinski definition) is 3. The molecular formula is C10H7Cl2NO4. The second-order valence-electron chi connectivity index (χ2n) is 2.94. The number of carboxylic acid groups (broad SMARTS) is 2. The van der Waals surface area contributed by atoms with Crippen LogP contribution in [-0.4, -0.2) is 22.2 Å². The first kappa shape index (κ1) is 13.3. The van der Waals surface area contributed by atoms with E-state index in [2.05, 4.69) is 5.32 Å². The van der Waals surface area contributed by atoms with Crippen LogP contribution in [0.5, 0.6) is 0 Å². The lowest BCUT2D eigenvalue weighted by Crippen LogP contribution is -2.12. The van der Waals surface area contributed by atoms with E-state index in [-0.39, 0.29) is 5.02 Å². The molecule has 3 N–H and O–H groups in total. The van der Waals surface area contributed by atoms with Crippen molar-refractivity contribution < 1.29 is 19.8 Å². The molecule has 0 aliphatic carbocycles. The number of carboxylic acids is 2. The van der Waals surface area contributed by atoms with Crippen molar-refractivity contribution in [1.82, 2.24) is 0 Å². The van der Waals surface area contributed by atoms with Crippen molar-refractivity contribution in [2.45, 2.75) is 0 Å². The Bertz CT molecular complexity index is 483. The smallest absolute Gasteiger partial charge is 0.344 e. The van der Waals surface area contributed by atoms with Crippen LogP contribution in [0.1, 0.15) is 0 Å². The highest BCUT2D eigenvalue weighted by molar-refractivity contribution is 6.36. The number of nitrogens with one attached hydrogen (secondary N) is 1. The number of anilines is 1. The van der Waals surface area contributed by atoms with Gasteiger partial charge in [-0.15, -0.1) is 0 Å². The summed E-state index contributed by atoms with van der Waals surface area (Å²) in [5.74, 6) is -3.09. The molecule has 90 valence electrons. The topological polar surface area (TPSA) is 86.6 Å². The lowest BCUT2D eigenvalue weighted by atomic mass is 10.3. The molecule has 0 bridgehead atoms. The molecule has 7 heteroatoms. The Hall–Kier alpha value is -1.72. The monoisotopic (exact) mass is 275 g/mol. The fourth-order valence-electron chi connectivity index (χ4n) is 0.971. The van der Waals surface area contributed by atoms with Crippen LogP contribution in [0.2, 0.25) is 10.0 Å². The molecule has 1 aromatic rings. The molecule has 0 aliphatic heterocycles. The highest BCUT2D eigenvalue weighted by Crippen LogP contribution is 2.25. The van der Waals surface area contributed by atoms with Gasteiger partial charge in [-0.3, -0.25) is 0 Å². The van der Waals surface area contributed by atoms with E-state index >= 15 is 0 Å². The fourth-order valence-corrected chi connectivity index (χ4v) is 1.43. The lowest BCUT2D eigenvalue weighted by molar-refractivity contribution is -0.140. The molecule has 1 rings (SSSR count). The minimum Gasteiger partial charge on any atom is -0.477 e. The standard InChI is InChI=1S/C10H7Cl2NO4/c11-5-1-2-8(7(12)3-5)13-4-6(9(14)15)10(16)17/h1-4,13H,(H,14,15)(H,16,17). The highest BCUT2D eigenvalue weighted by Gasteiger charge is 2.15. The van der Waals surface area contributed by atoms with E-state index in [9.17, 15) is 9.59 Å². The van der Waals surface area contributed by atoms with Crippen molar-refractivity contribution in [2.75, 3.05) is 5.32 Å². The van der Waals surface area contributed by atoms with E-state index < -0.39 is 17.5 Å². The van der Waals surface area contributed by atoms with Gasteiger partial charge in [-0.25, -0.2) is 9.59 Å². The second kappa shape index (κ2) is 5.56. The van der Waals surface area contributed by atoms with Crippen LogP contribution >= 0.6 is 23.2 Å². The molecule has 5 nitrogen and oxygen atoms in total. The van der Waals surface area contributed by atoms with Crippen molar-refractivity contribution in [2.24, 2.45) is 0 Å². The van der Waals surface area contributed by atoms with Crippen LogP contribution in [0.4, 0.5) is 5.69 Å². The second-order valence-corrected chi connectivity index (χ2v) is 3.78. The molecule has 17 heavy (non-hydrogen) atoms. The maximum atomic E-state index is 10.6. The first-order chi connectivity index (χ1) is 7.91. The van der Waals surface area contributed by atoms with Gasteiger partial charge < -0.3 is 15.5 Å². The van der Waals surface area contributed by atoms with E-state index in [1.54, 1.807) is 0 Å². The zero-order chi connectivity index (χ0) is 13.0. The molecule has 0 heterocycles. The normalized spacial score (nSPS) is 9.53. The summed E-state index contributed by atoms with van der Waals surface area (Å²) in [6, 6.07) is 4.48. The molecular weight excluding hydrogens is 269 g/mol. The number of rotatable bonds is 4. The molecule has 0 saturated carbocycles. The van der Waals surface area contributed by atoms with Gasteiger partial charge in [0.1, 0.15) is 0 Å². The molecule has 0 aliphatic rings. The molecule has 0 unspecified atom stereocenters. The largest absolute Gasteiger partial charge is 0.477 e. The third-order valence-electron chi connectivity index (χ3n) is 1.76. The summed E-state index contributed by atoms with van der Waals surface area (Å²) in [6.45, 7) is 0. The first-order valence-electron chi connectivity index (χ1n) is 4.30. The van der Waals surface area contributed by atoms with Gasteiger partial charge in [0.15, 0.2) is 5.57 Å². The zero-order valence-corrected chi connectivity index (χ0v) is 9.79. The van der Waals surface area contributed by atoms with Gasteiger partial charge >= 0.3 is 11.9 Å². The summed E-state index contributed by atoms with van der Waals surface area (Å²) in [5.41, 5.74) is -0.438. The van der Waals surface area contributed by atoms with Gasteiger partial charge in [0.2, 0.25) is 0 Å². The maximum Gasteiger partial charge on any atom is 0.344 e. The van der Waals surface area contributed by atoms with E-state index in [0.717, 1.165) is 6.20 Å². The molecule has 0 amide bonds. The number of aliphatic carboxylic acids is 2. The summed E-state index contributed by atoms with van der Waals surface area (Å²) in [6.07, 6.45) is 0.847. The van der Waals surface area contributed by atoms with Gasteiger partial charge in [-0.1, -0.05) is 23.2 Å². The Kier molecular flexibility index (Phi) is 4.37. The van der Waals surface area contributed by atoms with E-state index in [1.807, 2.05) is 0 Å². The molecule has 0 fully saturated rings. The summed E-state index contributed by atoms with van der Waals surface area (Å²) < 4.78 is 0. The van der Waals surface area contributed by atoms with Gasteiger partial charge in [0.05, 0.1) is 10.7 Å². The summed E-state index contributed by atoms with van der Waals surface area (Å²) in [7, 11) is 0. The molecule has 0 aromatic heterocycles. The van der Waals surface area contributed by atoms with Crippen molar-refractivity contribution in [3.63, 3.8) is 0 Å². The van der Waals surface area contributed by atoms with E-state index in [4.69, 9.17) is 33.4 Å². The van der Waals surface area contributed by atoms with Gasteiger partial charge in [0, 0.05) is 11.2 Å². The third kappa shape index (κ3) is 3.65. The minimum absolute atomic E-state index is 0.254. The number of carbonyl (C=O) groups is 2. The Morgan fingerprint density at radius 2 is 1.76 bits per heavy atom. The van der Waals surface area contributed by atoms with Crippen LogP contribution in [0.15, 0.2) is 30.0 Å². The quantitative estimate of drug-likeness (QED) is 0.446. The first-order valence-corrected chi connectivity index (χ1v) is 5.05. The van der Waals surface area contributed by atoms with Crippen molar-refractivity contribution in [1.29, 1.82) is 0 Å². The van der Waals surface area contributed by atoms with Crippen LogP contribution in [0, 0.1) is 0 Å². The molecule has 0 spiro atoms. The van der Waals surface area contributed by atoms with Crippen molar-refractivity contribution >= 4 is 40.8 Å². The number of halogens is 2. The summed E-state index contributed by atoms with van der Waals surface area (Å²) >= 11 is 11.5. The predicted octanol–water partition coefficient (Wildman–Crippen LogP) is 2.46. The summed E-state index contributed by atoms with van der Waals surface area (Å²) in [4.78, 5) is 21.1. The van der Waals surface area contributed by atoms with Crippen molar-refractivity contribution in [3.8, 4) is 0 Å². The maximum absolute atomic E-state index is 10.6. The Morgan fingerprint density at radius 3 is 2.24 bits per heavy atom. The lowest BCUT2D eigenvalue weighted by Gasteiger charge is -2.04. The SMILES string of the molecule is O=C(O)C(=CNc1ccc(Cl)cc1Cl)C(=O)O. The van der Waals surface area contributed by atoms with Crippen LogP contribution in [0.25, 0.3) is 0 Å². The predicted molar refractivity (Wildman–Crippen MR) is 63.4 cm³/mol. The average Bonchev–Trinajstić information content (AvgIpc) is 2.20. The minimum atomic E-state index is -1.55. The Balaban J connectivity index is 2.95. The van der Waals surface area contributed by atoms with Gasteiger partial charge in [-0.2, -0.15) is 0 Å². The molecule has 1 aromatic carbocycles. The Labute approximate surface area is 106 Å². The molecule has 0 atom stereocenters. The fraction of sp³-hybridized carbons (Fsp3) is 0. The highest BCUT2D eigenvalue weighted by atomic mass is 35.5.